The second kappa shape index (κ2) is 2.57. The molecule has 0 saturated carbocycles. The second-order valence-corrected chi connectivity index (χ2v) is 3.24. The first-order valence-electron chi connectivity index (χ1n) is 4.38. The number of carbonyl (C=O) groups is 1. The summed E-state index contributed by atoms with van der Waals surface area (Å²) in [6.45, 7) is 0. The van der Waals surface area contributed by atoms with Crippen molar-refractivity contribution in [3.8, 4) is 0 Å². The third kappa shape index (κ3) is 0.954. The van der Waals surface area contributed by atoms with E-state index in [-0.39, 0.29) is 11.7 Å². The summed E-state index contributed by atoms with van der Waals surface area (Å²) in [5, 5.41) is 11.3. The molecule has 0 spiro atoms. The van der Waals surface area contributed by atoms with Crippen molar-refractivity contribution < 1.29 is 4.79 Å². The standard InChI is InChI=1S/C9H7N5O/c10-8-7-6-4(9(15)14-13-8)2-1-3-5(6)11-12-7/h1-3H,(H2,10,13)(H,11,12)(H,14,15). The van der Waals surface area contributed by atoms with Gasteiger partial charge in [-0.25, -0.2) is 5.43 Å². The summed E-state index contributed by atoms with van der Waals surface area (Å²) in [6.07, 6.45) is 0. The maximum atomic E-state index is 11.6. The predicted molar refractivity (Wildman–Crippen MR) is 54.3 cm³/mol. The number of nitrogens with two attached hydrogens (primary N) is 1. The molecule has 3 rings (SSSR count). The molecule has 74 valence electrons. The van der Waals surface area contributed by atoms with Gasteiger partial charge in [0.25, 0.3) is 5.91 Å². The van der Waals surface area contributed by atoms with Crippen molar-refractivity contribution in [1.29, 1.82) is 0 Å². The molecule has 15 heavy (non-hydrogen) atoms. The topological polar surface area (TPSA) is 96.2 Å². The first-order chi connectivity index (χ1) is 7.27. The smallest absolute Gasteiger partial charge is 0.272 e. The van der Waals surface area contributed by atoms with Gasteiger partial charge in [-0.2, -0.15) is 10.2 Å². The largest absolute Gasteiger partial charge is 0.380 e. The Bertz CT molecular complexity index is 598. The highest BCUT2D eigenvalue weighted by molar-refractivity contribution is 6.17. The molecular weight excluding hydrogens is 194 g/mol. The molecule has 0 saturated heterocycles. The molecule has 0 bridgehead atoms. The summed E-state index contributed by atoms with van der Waals surface area (Å²) in [4.78, 5) is 11.6. The van der Waals surface area contributed by atoms with Gasteiger partial charge in [0.05, 0.1) is 11.1 Å². The quantitative estimate of drug-likeness (QED) is 0.556. The third-order valence-electron chi connectivity index (χ3n) is 2.35. The van der Waals surface area contributed by atoms with Crippen LogP contribution in [0.1, 0.15) is 16.1 Å². The monoisotopic (exact) mass is 201 g/mol. The highest BCUT2D eigenvalue weighted by atomic mass is 16.2. The van der Waals surface area contributed by atoms with Crippen molar-refractivity contribution in [3.63, 3.8) is 0 Å². The molecule has 1 aromatic carbocycles. The van der Waals surface area contributed by atoms with E-state index in [2.05, 4.69) is 20.7 Å². The lowest BCUT2D eigenvalue weighted by Gasteiger charge is -1.97. The number of nitrogens with zero attached hydrogens (tertiary/aromatic N) is 2. The molecule has 1 amide bonds. The van der Waals surface area contributed by atoms with Crippen molar-refractivity contribution >= 4 is 22.6 Å². The maximum Gasteiger partial charge on any atom is 0.272 e. The zero-order valence-electron chi connectivity index (χ0n) is 7.61. The van der Waals surface area contributed by atoms with Gasteiger partial charge in [-0.05, 0) is 12.1 Å². The predicted octanol–water partition coefficient (Wildman–Crippen LogP) is -0.0734. The van der Waals surface area contributed by atoms with Crippen LogP contribution < -0.4 is 11.2 Å². The summed E-state index contributed by atoms with van der Waals surface area (Å²) >= 11 is 0. The summed E-state index contributed by atoms with van der Waals surface area (Å²) < 4.78 is 0. The van der Waals surface area contributed by atoms with E-state index in [1.54, 1.807) is 12.1 Å². The lowest BCUT2D eigenvalue weighted by atomic mass is 10.1. The Morgan fingerprint density at radius 3 is 3.07 bits per heavy atom. The summed E-state index contributed by atoms with van der Waals surface area (Å²) in [5.74, 6) is -0.0664. The molecule has 1 aliphatic rings. The zero-order chi connectivity index (χ0) is 10.4. The number of amidine groups is 1. The van der Waals surface area contributed by atoms with Crippen LogP contribution in [-0.4, -0.2) is 21.9 Å². The Balaban J connectivity index is 2.51. The molecular formula is C9H7N5O. The first kappa shape index (κ1) is 7.98. The molecule has 2 aromatic rings. The number of rotatable bonds is 0. The number of carbonyl (C=O) groups excluding carboxylic acids is 1. The molecule has 4 N–H and O–H groups in total. The van der Waals surface area contributed by atoms with Crippen LogP contribution in [0.5, 0.6) is 0 Å². The van der Waals surface area contributed by atoms with E-state index in [1.165, 1.54) is 0 Å². The SMILES string of the molecule is NC1=NNC(=O)c2cccc3[nH]nc1c23. The van der Waals surface area contributed by atoms with Crippen LogP contribution in [0.3, 0.4) is 0 Å². The highest BCUT2D eigenvalue weighted by Gasteiger charge is 2.20. The minimum absolute atomic E-state index is 0.208. The number of hydrogen-bond donors (Lipinski definition) is 3. The molecule has 0 atom stereocenters. The Morgan fingerprint density at radius 1 is 1.33 bits per heavy atom. The number of aromatic amines is 1. The number of H-pyrrole nitrogens is 1. The average molecular weight is 201 g/mol. The number of hydrogen-bond acceptors (Lipinski definition) is 4. The molecule has 0 unspecified atom stereocenters. The number of nitrogens with one attached hydrogen (secondary N) is 2. The normalized spacial score (nSPS) is 14.7. The van der Waals surface area contributed by atoms with Crippen molar-refractivity contribution in [2.24, 2.45) is 10.8 Å². The van der Waals surface area contributed by atoms with Gasteiger partial charge in [0.1, 0.15) is 5.69 Å². The molecule has 0 fully saturated rings. The molecule has 1 aromatic heterocycles. The maximum absolute atomic E-state index is 11.6. The van der Waals surface area contributed by atoms with Gasteiger partial charge in [-0.3, -0.25) is 9.89 Å². The van der Waals surface area contributed by atoms with Crippen LogP contribution in [0.25, 0.3) is 10.9 Å². The Kier molecular flexibility index (Phi) is 1.37. The Hall–Kier alpha value is -2.37. The zero-order valence-corrected chi connectivity index (χ0v) is 7.61. The van der Waals surface area contributed by atoms with E-state index in [1.807, 2.05) is 6.07 Å². The van der Waals surface area contributed by atoms with E-state index in [0.717, 1.165) is 5.52 Å². The molecule has 1 aliphatic heterocycles. The van der Waals surface area contributed by atoms with E-state index in [0.29, 0.717) is 16.6 Å². The van der Waals surface area contributed by atoms with Crippen molar-refractivity contribution in [2.75, 3.05) is 0 Å². The van der Waals surface area contributed by atoms with Crippen LogP contribution in [-0.2, 0) is 0 Å². The van der Waals surface area contributed by atoms with Gasteiger partial charge in [-0.15, -0.1) is 0 Å². The van der Waals surface area contributed by atoms with Gasteiger partial charge in [-0.1, -0.05) is 6.07 Å². The van der Waals surface area contributed by atoms with Crippen LogP contribution in [0.4, 0.5) is 0 Å². The number of hydrazone groups is 1. The van der Waals surface area contributed by atoms with Crippen LogP contribution >= 0.6 is 0 Å². The summed E-state index contributed by atoms with van der Waals surface area (Å²) in [7, 11) is 0. The van der Waals surface area contributed by atoms with E-state index in [4.69, 9.17) is 5.73 Å². The molecule has 6 heteroatoms. The molecule has 0 radical (unpaired) electrons. The number of aromatic nitrogens is 2. The number of benzene rings is 1. The summed E-state index contributed by atoms with van der Waals surface area (Å²) in [6, 6.07) is 5.33. The molecule has 0 aliphatic carbocycles. The Labute approximate surface area is 84.2 Å². The van der Waals surface area contributed by atoms with E-state index in [9.17, 15) is 4.79 Å². The lowest BCUT2D eigenvalue weighted by Crippen LogP contribution is -2.21. The molecule has 6 nitrogen and oxygen atoms in total. The average Bonchev–Trinajstić information content (AvgIpc) is 2.63. The van der Waals surface area contributed by atoms with Crippen LogP contribution in [0, 0.1) is 0 Å². The van der Waals surface area contributed by atoms with Crippen molar-refractivity contribution in [3.05, 3.63) is 29.5 Å². The summed E-state index contributed by atoms with van der Waals surface area (Å²) in [5.41, 5.74) is 9.84. The number of amides is 1. The molecule has 2 heterocycles. The minimum Gasteiger partial charge on any atom is -0.380 e. The highest BCUT2D eigenvalue weighted by Crippen LogP contribution is 2.21. The fourth-order valence-corrected chi connectivity index (χ4v) is 1.67. The van der Waals surface area contributed by atoms with Crippen LogP contribution in [0.2, 0.25) is 0 Å². The minimum atomic E-state index is -0.274. The van der Waals surface area contributed by atoms with E-state index < -0.39 is 0 Å². The third-order valence-corrected chi connectivity index (χ3v) is 2.35. The Morgan fingerprint density at radius 2 is 2.20 bits per heavy atom. The van der Waals surface area contributed by atoms with Gasteiger partial charge >= 0.3 is 0 Å². The van der Waals surface area contributed by atoms with Gasteiger partial charge in [0.15, 0.2) is 5.84 Å². The fourth-order valence-electron chi connectivity index (χ4n) is 1.67. The fraction of sp³-hybridized carbons (Fsp3) is 0. The van der Waals surface area contributed by atoms with E-state index >= 15 is 0 Å². The van der Waals surface area contributed by atoms with Crippen molar-refractivity contribution in [1.82, 2.24) is 15.6 Å². The van der Waals surface area contributed by atoms with Crippen molar-refractivity contribution in [2.45, 2.75) is 0 Å². The van der Waals surface area contributed by atoms with Crippen LogP contribution in [0.15, 0.2) is 23.3 Å². The lowest BCUT2D eigenvalue weighted by molar-refractivity contribution is 0.0957. The first-order valence-corrected chi connectivity index (χ1v) is 4.38. The van der Waals surface area contributed by atoms with Gasteiger partial charge in [0, 0.05) is 5.39 Å². The second-order valence-electron chi connectivity index (χ2n) is 3.24. The van der Waals surface area contributed by atoms with Gasteiger partial charge < -0.3 is 5.73 Å². The van der Waals surface area contributed by atoms with Gasteiger partial charge in [0.2, 0.25) is 0 Å².